The number of rotatable bonds is 3. The van der Waals surface area contributed by atoms with E-state index in [9.17, 15) is 0 Å². The lowest BCUT2D eigenvalue weighted by molar-refractivity contribution is 0.110. The number of nitrogens with one attached hydrogen (secondary N) is 1. The third-order valence-electron chi connectivity index (χ3n) is 4.76. The van der Waals surface area contributed by atoms with E-state index < -0.39 is 0 Å². The fourth-order valence-corrected chi connectivity index (χ4v) is 4.04. The minimum Gasteiger partial charge on any atom is -0.329 e. The van der Waals surface area contributed by atoms with Crippen LogP contribution in [0.5, 0.6) is 0 Å². The topological polar surface area (TPSA) is 38.0 Å². The normalized spacial score (nSPS) is 44.6. The summed E-state index contributed by atoms with van der Waals surface area (Å²) in [6.45, 7) is 9.03. The van der Waals surface area contributed by atoms with Gasteiger partial charge in [-0.3, -0.25) is 0 Å². The van der Waals surface area contributed by atoms with E-state index in [1.165, 1.54) is 19.3 Å². The molecule has 2 bridgehead atoms. The largest absolute Gasteiger partial charge is 0.329 e. The first-order chi connectivity index (χ1) is 6.50. The molecule has 0 aromatic rings. The predicted molar refractivity (Wildman–Crippen MR) is 60.1 cm³/mol. The van der Waals surface area contributed by atoms with Gasteiger partial charge >= 0.3 is 0 Å². The van der Waals surface area contributed by atoms with E-state index in [0.717, 1.165) is 19.0 Å². The molecule has 82 valence electrons. The summed E-state index contributed by atoms with van der Waals surface area (Å²) in [4.78, 5) is 0. The van der Waals surface area contributed by atoms with Crippen LogP contribution in [0.25, 0.3) is 0 Å². The minimum absolute atomic E-state index is 0.474. The lowest BCUT2D eigenvalue weighted by atomic mass is 9.68. The summed E-state index contributed by atoms with van der Waals surface area (Å²) >= 11 is 0. The van der Waals surface area contributed by atoms with Crippen LogP contribution in [0.4, 0.5) is 0 Å². The second-order valence-corrected chi connectivity index (χ2v) is 6.09. The summed E-state index contributed by atoms with van der Waals surface area (Å²) in [5.74, 6) is 0.933. The van der Waals surface area contributed by atoms with Crippen LogP contribution in [-0.2, 0) is 0 Å². The van der Waals surface area contributed by atoms with Gasteiger partial charge in [-0.25, -0.2) is 0 Å². The fraction of sp³-hybridized carbons (Fsp3) is 1.00. The Labute approximate surface area is 87.6 Å². The first-order valence-corrected chi connectivity index (χ1v) is 5.94. The molecule has 2 saturated carbocycles. The Morgan fingerprint density at radius 3 is 2.57 bits per heavy atom. The van der Waals surface area contributed by atoms with Gasteiger partial charge in [-0.1, -0.05) is 20.8 Å². The van der Waals surface area contributed by atoms with Crippen LogP contribution < -0.4 is 11.1 Å². The molecule has 0 amide bonds. The molecule has 2 nitrogen and oxygen atoms in total. The van der Waals surface area contributed by atoms with Crippen LogP contribution in [-0.4, -0.2) is 19.1 Å². The smallest absolute Gasteiger partial charge is 0.0175 e. The molecule has 2 fully saturated rings. The lowest BCUT2D eigenvalue weighted by Gasteiger charge is -2.43. The van der Waals surface area contributed by atoms with E-state index >= 15 is 0 Å². The molecule has 2 aliphatic carbocycles. The van der Waals surface area contributed by atoms with Gasteiger partial charge in [0.2, 0.25) is 0 Å². The molecule has 0 aliphatic heterocycles. The zero-order valence-electron chi connectivity index (χ0n) is 9.77. The van der Waals surface area contributed by atoms with Gasteiger partial charge in [-0.05, 0) is 36.0 Å². The van der Waals surface area contributed by atoms with Crippen LogP contribution in [0.15, 0.2) is 0 Å². The van der Waals surface area contributed by atoms with Gasteiger partial charge in [0.05, 0.1) is 0 Å². The average Bonchev–Trinajstić information content (AvgIpc) is 2.55. The monoisotopic (exact) mass is 196 g/mol. The molecule has 3 atom stereocenters. The number of hydrogen-bond donors (Lipinski definition) is 2. The van der Waals surface area contributed by atoms with Crippen molar-refractivity contribution in [2.45, 2.75) is 46.1 Å². The number of hydrogen-bond acceptors (Lipinski definition) is 2. The highest BCUT2D eigenvalue weighted by Crippen LogP contribution is 2.62. The van der Waals surface area contributed by atoms with Crippen molar-refractivity contribution in [3.8, 4) is 0 Å². The first kappa shape index (κ1) is 10.4. The molecule has 0 spiro atoms. The Hall–Kier alpha value is -0.0800. The van der Waals surface area contributed by atoms with Crippen molar-refractivity contribution in [2.24, 2.45) is 22.5 Å². The summed E-state index contributed by atoms with van der Waals surface area (Å²) in [6, 6.07) is 0.678. The molecular weight excluding hydrogens is 172 g/mol. The Morgan fingerprint density at radius 1 is 1.36 bits per heavy atom. The van der Waals surface area contributed by atoms with E-state index in [1.807, 2.05) is 0 Å². The number of nitrogens with two attached hydrogens (primary N) is 1. The van der Waals surface area contributed by atoms with Gasteiger partial charge in [-0.15, -0.1) is 0 Å². The molecule has 0 radical (unpaired) electrons. The second kappa shape index (κ2) is 3.21. The molecule has 3 unspecified atom stereocenters. The van der Waals surface area contributed by atoms with Gasteiger partial charge < -0.3 is 11.1 Å². The zero-order valence-corrected chi connectivity index (χ0v) is 9.77. The van der Waals surface area contributed by atoms with Gasteiger partial charge in [0.25, 0.3) is 0 Å². The Balaban J connectivity index is 2.13. The van der Waals surface area contributed by atoms with Gasteiger partial charge in [0, 0.05) is 19.1 Å². The minimum atomic E-state index is 0.474. The highest BCUT2D eigenvalue weighted by atomic mass is 15.0. The molecule has 0 saturated heterocycles. The van der Waals surface area contributed by atoms with Crippen molar-refractivity contribution in [1.82, 2.24) is 5.32 Å². The fourth-order valence-electron chi connectivity index (χ4n) is 4.04. The van der Waals surface area contributed by atoms with Gasteiger partial charge in [-0.2, -0.15) is 0 Å². The quantitative estimate of drug-likeness (QED) is 0.721. The van der Waals surface area contributed by atoms with E-state index in [1.54, 1.807) is 0 Å². The zero-order chi connectivity index (χ0) is 10.4. The molecule has 2 heteroatoms. The second-order valence-electron chi connectivity index (χ2n) is 6.09. The summed E-state index contributed by atoms with van der Waals surface area (Å²) in [7, 11) is 0. The van der Waals surface area contributed by atoms with E-state index in [0.29, 0.717) is 16.9 Å². The standard InChI is InChI=1S/C12H24N2/c1-11(2)9-4-5-12(3,8-9)10(11)14-7-6-13/h9-10,14H,4-8,13H2,1-3H3. The van der Waals surface area contributed by atoms with Gasteiger partial charge in [0.1, 0.15) is 0 Å². The van der Waals surface area contributed by atoms with Crippen molar-refractivity contribution in [1.29, 1.82) is 0 Å². The molecule has 14 heavy (non-hydrogen) atoms. The van der Waals surface area contributed by atoms with Crippen LogP contribution in [0.3, 0.4) is 0 Å². The Bertz CT molecular complexity index is 220. The maximum absolute atomic E-state index is 5.57. The van der Waals surface area contributed by atoms with Crippen LogP contribution in [0.2, 0.25) is 0 Å². The molecule has 0 aromatic carbocycles. The maximum atomic E-state index is 5.57. The Morgan fingerprint density at radius 2 is 2.07 bits per heavy atom. The highest BCUT2D eigenvalue weighted by molar-refractivity contribution is 5.11. The first-order valence-electron chi connectivity index (χ1n) is 5.94. The maximum Gasteiger partial charge on any atom is 0.0175 e. The molecule has 3 N–H and O–H groups in total. The summed E-state index contributed by atoms with van der Waals surface area (Å²) < 4.78 is 0. The van der Waals surface area contributed by atoms with Crippen molar-refractivity contribution >= 4 is 0 Å². The van der Waals surface area contributed by atoms with E-state index in [2.05, 4.69) is 26.1 Å². The molecule has 0 heterocycles. The average molecular weight is 196 g/mol. The summed E-state index contributed by atoms with van der Waals surface area (Å²) in [5, 5.41) is 3.67. The van der Waals surface area contributed by atoms with Crippen LogP contribution in [0.1, 0.15) is 40.0 Å². The molecule has 0 aromatic heterocycles. The van der Waals surface area contributed by atoms with Crippen molar-refractivity contribution in [2.75, 3.05) is 13.1 Å². The van der Waals surface area contributed by atoms with E-state index in [-0.39, 0.29) is 0 Å². The summed E-state index contributed by atoms with van der Waals surface area (Å²) in [6.07, 6.45) is 4.26. The van der Waals surface area contributed by atoms with E-state index in [4.69, 9.17) is 5.73 Å². The van der Waals surface area contributed by atoms with Crippen molar-refractivity contribution in [3.63, 3.8) is 0 Å². The van der Waals surface area contributed by atoms with Crippen molar-refractivity contribution < 1.29 is 0 Å². The van der Waals surface area contributed by atoms with Crippen molar-refractivity contribution in [3.05, 3.63) is 0 Å². The SMILES string of the molecule is CC12CCC(C1)C(C)(C)C2NCCN. The van der Waals surface area contributed by atoms with Crippen LogP contribution >= 0.6 is 0 Å². The number of fused-ring (bicyclic) bond motifs is 2. The third kappa shape index (κ3) is 1.31. The highest BCUT2D eigenvalue weighted by Gasteiger charge is 2.58. The van der Waals surface area contributed by atoms with Crippen LogP contribution in [0, 0.1) is 16.7 Å². The summed E-state index contributed by atoms with van der Waals surface area (Å²) in [5.41, 5.74) is 6.59. The predicted octanol–water partition coefficient (Wildman–Crippen LogP) is 1.75. The molecule has 2 rings (SSSR count). The van der Waals surface area contributed by atoms with Gasteiger partial charge in [0.15, 0.2) is 0 Å². The molecule has 2 aliphatic rings. The third-order valence-corrected chi connectivity index (χ3v) is 4.76. The molecular formula is C12H24N2. The Kier molecular flexibility index (Phi) is 2.39. The lowest BCUT2D eigenvalue weighted by Crippen LogP contribution is -2.51.